The summed E-state index contributed by atoms with van der Waals surface area (Å²) in [6, 6.07) is 12.7. The Hall–Kier alpha value is -8.25. The number of amides is 6. The van der Waals surface area contributed by atoms with E-state index in [1.807, 2.05) is 0 Å². The number of hydrogen-bond acceptors (Lipinski definition) is 23. The van der Waals surface area contributed by atoms with Gasteiger partial charge < -0.3 is 54.6 Å². The predicted octanol–water partition coefficient (Wildman–Crippen LogP) is 7.57. The maximum absolute atomic E-state index is 14.0. The van der Waals surface area contributed by atoms with Gasteiger partial charge in [0.2, 0.25) is 29.5 Å². The maximum Gasteiger partial charge on any atom is 0.697 e. The molecule has 3 unspecified atom stereocenters. The van der Waals surface area contributed by atoms with Gasteiger partial charge in [-0.15, -0.1) is 24.7 Å². The summed E-state index contributed by atoms with van der Waals surface area (Å²) in [5.74, 6) is -0.443. The van der Waals surface area contributed by atoms with Crippen LogP contribution in [-0.4, -0.2) is 167 Å². The molecule has 3 aromatic heterocycles. The van der Waals surface area contributed by atoms with Gasteiger partial charge in [0.05, 0.1) is 45.5 Å². The van der Waals surface area contributed by atoms with Gasteiger partial charge in [0.15, 0.2) is 23.5 Å². The van der Waals surface area contributed by atoms with Gasteiger partial charge in [-0.25, -0.2) is 24.5 Å². The predicted molar refractivity (Wildman–Crippen MR) is 351 cm³/mol. The molecule has 2 aliphatic heterocycles. The molecule has 10 rings (SSSR count). The molecule has 5 fully saturated rings. The molecular formula is C65H84N12O19P2+2. The lowest BCUT2D eigenvalue weighted by atomic mass is 9.91. The van der Waals surface area contributed by atoms with E-state index in [1.165, 1.54) is 61.4 Å². The van der Waals surface area contributed by atoms with Gasteiger partial charge in [0.25, 0.3) is 11.5 Å². The zero-order chi connectivity index (χ0) is 69.2. The first-order valence-electron chi connectivity index (χ1n) is 32.9. The van der Waals surface area contributed by atoms with Gasteiger partial charge in [-0.05, 0) is 97.9 Å². The number of allylic oxidation sites excluding steroid dienone is 1. The van der Waals surface area contributed by atoms with Crippen molar-refractivity contribution in [2.24, 2.45) is 35.5 Å². The van der Waals surface area contributed by atoms with Crippen LogP contribution in [0.3, 0.4) is 0 Å². The number of hydrogen-bond donors (Lipinski definition) is 6. The first-order chi connectivity index (χ1) is 47.3. The summed E-state index contributed by atoms with van der Waals surface area (Å²) >= 11 is 0. The monoisotopic (exact) mass is 1400 g/mol. The first kappa shape index (κ1) is 72.5. The molecule has 6 N–H and O–H groups in total. The van der Waals surface area contributed by atoms with E-state index in [0.717, 1.165) is 12.8 Å². The Bertz CT molecular complexity index is 3680. The van der Waals surface area contributed by atoms with E-state index in [9.17, 15) is 42.7 Å². The van der Waals surface area contributed by atoms with Crippen LogP contribution in [0.25, 0.3) is 11.2 Å². The van der Waals surface area contributed by atoms with Crippen LogP contribution in [0.5, 0.6) is 5.88 Å². The van der Waals surface area contributed by atoms with Crippen molar-refractivity contribution in [2.75, 3.05) is 70.5 Å². The van der Waals surface area contributed by atoms with E-state index in [-0.39, 0.29) is 107 Å². The zero-order valence-electron chi connectivity index (χ0n) is 55.0. The van der Waals surface area contributed by atoms with Crippen molar-refractivity contribution < 1.29 is 84.4 Å². The number of nitrogens with zero attached hydrogens (tertiary/aromatic N) is 6. The summed E-state index contributed by atoms with van der Waals surface area (Å²) < 4.78 is 85.5. The summed E-state index contributed by atoms with van der Waals surface area (Å²) in [6.07, 6.45) is 7.96. The second-order valence-corrected chi connectivity index (χ2v) is 27.0. The molecule has 3 saturated carbocycles. The molecule has 2 saturated heterocycles. The normalized spacial score (nSPS) is 24.5. The third-order valence-electron chi connectivity index (χ3n) is 17.9. The Morgan fingerprint density at radius 1 is 0.837 bits per heavy atom. The van der Waals surface area contributed by atoms with Crippen LogP contribution in [0.1, 0.15) is 106 Å². The van der Waals surface area contributed by atoms with Gasteiger partial charge in [-0.2, -0.15) is 4.98 Å². The summed E-state index contributed by atoms with van der Waals surface area (Å²) in [4.78, 5) is 113. The highest BCUT2D eigenvalue weighted by atomic mass is 31.1. The number of nitrogens with one attached hydrogen (secondary N) is 6. The second-order valence-electron chi connectivity index (χ2n) is 25.2. The van der Waals surface area contributed by atoms with Crippen molar-refractivity contribution in [2.45, 2.75) is 134 Å². The van der Waals surface area contributed by atoms with E-state index in [1.54, 1.807) is 68.6 Å². The minimum atomic E-state index is -2.76. The van der Waals surface area contributed by atoms with E-state index in [0.29, 0.717) is 65.8 Å². The highest BCUT2D eigenvalue weighted by Gasteiger charge is 2.51. The standard InChI is InChI=1S/C65H82N12O19P2/c1-6-40-10-9-13-48-49(19-16-40)50(48)35-89-64(83)67-23-25-88-27-26-87-24-21-53(78)72-55(38(2)3)60(81)70-39(4)58(79)71-44-17-14-41(15-18-44)32-90-65(84)76(5)31-42-11-7-8-12-47(42)59(80)74-63-73-57-56(61(82)75-63)69-37-77(57)62-52-30-46(94-62)34-92-98(86)95-51-29-45(93-54-20-22-66-36-68-54)28-43(51)33-91-97(85)96-52/h6-8,11-12,14-15,17-18,20,22,36-40,43,45-46,48-52,55,62H,1,9-10,13,16,19,21,23-35H2,2-5H3,(H4-2,67,70,71,72,73,74,75,78,79,80,81,82,83)/p+2/t39-,40?,43+,45+,46-,48+,49-,50+,51-,52+,55-,62+/m0/s1. The third-order valence-corrected chi connectivity index (χ3v) is 19.5. The Morgan fingerprint density at radius 2 is 1.60 bits per heavy atom. The van der Waals surface area contributed by atoms with Gasteiger partial charge in [-0.1, -0.05) is 56.7 Å². The number of fused-ring (bicyclic) bond motifs is 5. The lowest BCUT2D eigenvalue weighted by Crippen LogP contribution is -2.53. The van der Waals surface area contributed by atoms with Crippen molar-refractivity contribution in [3.63, 3.8) is 0 Å². The van der Waals surface area contributed by atoms with Crippen LogP contribution in [0.4, 0.5) is 21.2 Å². The first-order valence-corrected chi connectivity index (χ1v) is 35.1. The van der Waals surface area contributed by atoms with Crippen molar-refractivity contribution in [3.8, 4) is 5.88 Å². The average Bonchev–Trinajstić information content (AvgIpc) is 1.62. The fraction of sp³-hybridized carbons (Fsp3) is 0.554. The molecule has 98 heavy (non-hydrogen) atoms. The van der Waals surface area contributed by atoms with Gasteiger partial charge in [0.1, 0.15) is 50.4 Å². The molecule has 6 amide bonds. The fourth-order valence-corrected chi connectivity index (χ4v) is 14.2. The quantitative estimate of drug-likeness (QED) is 0.0168. The number of imidazole rings is 1. The second kappa shape index (κ2) is 35.0. The number of alkyl carbamates (subject to hydrolysis) is 1. The van der Waals surface area contributed by atoms with Gasteiger partial charge in [0, 0.05) is 78.0 Å². The highest BCUT2D eigenvalue weighted by molar-refractivity contribution is 7.33. The number of aromatic amines is 1. The molecule has 2 bridgehead atoms. The SMILES string of the molecule is C=CC1CCC[C@@H]2[C@H](CC1)[C@@H]2COC(=O)NCCOCCOCCC(=O)N[C@H](C(=O)N[C@@H](C)C(=O)Nc1ccc(COC(=O)N(C)Cc2ccccc2C(=O)Nc2nc3c(ncn3[C@@H]3O[C@@H]4CO[P+](=O)O[C@H]5C[C@H](Oc6ccncn6)C[C@@H]5CO[P+](=O)O[C@@H]3C4)c(=O)[nH]2)cc1)C(C)C. The Kier molecular flexibility index (Phi) is 25.9. The van der Waals surface area contributed by atoms with Crippen LogP contribution in [0.2, 0.25) is 0 Å². The van der Waals surface area contributed by atoms with E-state index < -0.39 is 100 Å². The van der Waals surface area contributed by atoms with Crippen molar-refractivity contribution in [1.82, 2.24) is 50.3 Å². The minimum absolute atomic E-state index is 0.0157. The lowest BCUT2D eigenvalue weighted by Gasteiger charge is -2.24. The van der Waals surface area contributed by atoms with Gasteiger partial charge >= 0.3 is 28.7 Å². The molecule has 5 aromatic rings. The molecule has 3 aliphatic carbocycles. The zero-order valence-corrected chi connectivity index (χ0v) is 56.8. The largest absolute Gasteiger partial charge is 0.697 e. The Labute approximate surface area is 567 Å². The van der Waals surface area contributed by atoms with Crippen LogP contribution in [0, 0.1) is 35.5 Å². The molecule has 14 atom stereocenters. The van der Waals surface area contributed by atoms with Crippen molar-refractivity contribution >= 4 is 75.1 Å². The summed E-state index contributed by atoms with van der Waals surface area (Å²) in [5.41, 5.74) is 0.689. The number of carbonyl (C=O) groups excluding carboxylic acids is 6. The molecule has 526 valence electrons. The molecule has 31 nitrogen and oxygen atoms in total. The van der Waals surface area contributed by atoms with Crippen LogP contribution < -0.4 is 36.9 Å². The van der Waals surface area contributed by atoms with E-state index in [4.69, 9.17) is 46.5 Å². The fourth-order valence-electron chi connectivity index (χ4n) is 12.6. The van der Waals surface area contributed by atoms with E-state index in [2.05, 4.69) is 64.2 Å². The highest BCUT2D eigenvalue weighted by Crippen LogP contribution is 2.54. The average molecular weight is 1400 g/mol. The Balaban J connectivity index is 0.623. The van der Waals surface area contributed by atoms with Gasteiger partial charge in [-0.3, -0.25) is 38.8 Å². The molecule has 5 aliphatic rings. The van der Waals surface area contributed by atoms with Crippen LogP contribution in [-0.2, 0) is 78.4 Å². The molecule has 2 aromatic carbocycles. The summed E-state index contributed by atoms with van der Waals surface area (Å²) in [5, 5.41) is 13.5. The number of anilines is 2. The Morgan fingerprint density at radius 3 is 2.38 bits per heavy atom. The number of carbonyl (C=O) groups is 6. The van der Waals surface area contributed by atoms with Crippen molar-refractivity contribution in [1.29, 1.82) is 0 Å². The molecule has 0 spiro atoms. The number of ether oxygens (including phenoxy) is 6. The smallest absolute Gasteiger partial charge is 0.474 e. The van der Waals surface area contributed by atoms with Crippen molar-refractivity contribution in [3.05, 3.63) is 113 Å². The third kappa shape index (κ3) is 20.2. The minimum Gasteiger partial charge on any atom is -0.474 e. The number of rotatable bonds is 27. The summed E-state index contributed by atoms with van der Waals surface area (Å²) in [7, 11) is -3.92. The maximum atomic E-state index is 14.0. The topological polar surface area (TPSA) is 382 Å². The molecular weight excluding hydrogens is 1310 g/mol. The lowest BCUT2D eigenvalue weighted by molar-refractivity contribution is -0.132. The molecule has 0 radical (unpaired) electrons. The molecule has 33 heteroatoms. The number of aromatic nitrogens is 6. The number of benzene rings is 2. The summed E-state index contributed by atoms with van der Waals surface area (Å²) in [6.45, 7) is 10.0. The van der Waals surface area contributed by atoms with E-state index >= 15 is 0 Å². The number of H-pyrrole nitrogens is 1. The van der Waals surface area contributed by atoms with Crippen LogP contribution >= 0.6 is 16.5 Å². The van der Waals surface area contributed by atoms with Crippen LogP contribution in [0.15, 0.2) is 90.9 Å². The molecule has 5 heterocycles.